The lowest BCUT2D eigenvalue weighted by atomic mass is 9.97. The van der Waals surface area contributed by atoms with Gasteiger partial charge >= 0.3 is 6.18 Å². The van der Waals surface area contributed by atoms with E-state index in [4.69, 9.17) is 33.1 Å². The van der Waals surface area contributed by atoms with E-state index in [1.165, 1.54) is 6.92 Å². The molecule has 0 bridgehead atoms. The molecule has 4 nitrogen and oxygen atoms in total. The van der Waals surface area contributed by atoms with Gasteiger partial charge in [0.25, 0.3) is 0 Å². The molecule has 0 aromatic heterocycles. The monoisotopic (exact) mass is 357 g/mol. The van der Waals surface area contributed by atoms with Gasteiger partial charge in [-0.1, -0.05) is 23.2 Å². The predicted octanol–water partition coefficient (Wildman–Crippen LogP) is 1.11. The summed E-state index contributed by atoms with van der Waals surface area (Å²) in [6, 6.07) is 1.87. The number of carbonyl (C=O) groups excluding carboxylic acids is 2. The smallest absolute Gasteiger partial charge is 0.430 e. The highest BCUT2D eigenvalue weighted by Gasteiger charge is 2.28. The maximum absolute atomic E-state index is 11.4. The first kappa shape index (κ1) is 18.7. The fourth-order valence-corrected chi connectivity index (χ4v) is 2.85. The molecule has 1 aliphatic rings. The average Bonchev–Trinajstić information content (AvgIpc) is 2.37. The van der Waals surface area contributed by atoms with Gasteiger partial charge in [0.15, 0.2) is 5.78 Å². The fraction of sp³-hybridized carbons (Fsp3) is 0.385. The molecule has 0 aliphatic carbocycles. The third-order valence-electron chi connectivity index (χ3n) is 2.96. The van der Waals surface area contributed by atoms with E-state index in [1.54, 1.807) is 0 Å². The van der Waals surface area contributed by atoms with Gasteiger partial charge in [0.1, 0.15) is 12.5 Å². The number of hydrogen-bond donors (Lipinski definition) is 1. The van der Waals surface area contributed by atoms with Gasteiger partial charge < -0.3 is 15.2 Å². The Hall–Kier alpha value is -1.31. The summed E-state index contributed by atoms with van der Waals surface area (Å²) in [4.78, 5) is 20.2. The Morgan fingerprint density at radius 3 is 2.32 bits per heavy atom. The summed E-state index contributed by atoms with van der Waals surface area (Å²) >= 11 is 12.3. The van der Waals surface area contributed by atoms with Crippen LogP contribution < -0.4 is 10.4 Å². The Labute approximate surface area is 134 Å². The summed E-state index contributed by atoms with van der Waals surface area (Å²) in [5, 5.41) is 12.0. The Bertz CT molecular complexity index is 603. The van der Waals surface area contributed by atoms with E-state index in [0.717, 1.165) is 30.6 Å². The summed E-state index contributed by atoms with van der Waals surface area (Å²) in [6.45, 7) is 3.41. The number of fused-ring (bicyclic) bond motifs is 1. The summed E-state index contributed by atoms with van der Waals surface area (Å²) < 4.78 is 31.5. The molecule has 0 saturated carbocycles. The van der Waals surface area contributed by atoms with Crippen molar-refractivity contribution in [1.29, 1.82) is 0 Å². The molecular formula is C13H12Cl2F3NO3. The minimum Gasteiger partial charge on any atom is -0.542 e. The fourth-order valence-electron chi connectivity index (χ4n) is 1.99. The second-order valence-electron chi connectivity index (χ2n) is 4.56. The lowest BCUT2D eigenvalue weighted by Gasteiger charge is -2.18. The number of aliphatic carboxylic acids is 1. The van der Waals surface area contributed by atoms with Gasteiger partial charge in [0, 0.05) is 12.0 Å². The predicted molar refractivity (Wildman–Crippen MR) is 71.7 cm³/mol. The first-order valence-corrected chi connectivity index (χ1v) is 6.91. The van der Waals surface area contributed by atoms with Crippen molar-refractivity contribution in [2.75, 3.05) is 6.54 Å². The van der Waals surface area contributed by atoms with Gasteiger partial charge in [-0.15, -0.1) is 0 Å². The molecule has 1 aromatic rings. The molecule has 0 fully saturated rings. The molecular weight excluding hydrogens is 346 g/mol. The first-order valence-electron chi connectivity index (χ1n) is 6.16. The van der Waals surface area contributed by atoms with Crippen LogP contribution in [0.4, 0.5) is 13.2 Å². The van der Waals surface area contributed by atoms with Crippen LogP contribution in [0.15, 0.2) is 6.07 Å². The molecule has 1 aromatic carbocycles. The molecule has 2 rings (SSSR count). The van der Waals surface area contributed by atoms with E-state index in [2.05, 4.69) is 5.32 Å². The second kappa shape index (κ2) is 7.30. The van der Waals surface area contributed by atoms with Gasteiger partial charge in [-0.05, 0) is 18.6 Å². The Morgan fingerprint density at radius 2 is 1.86 bits per heavy atom. The van der Waals surface area contributed by atoms with Crippen LogP contribution in [0.25, 0.3) is 0 Å². The number of carboxylic acid groups (broad SMARTS) is 1. The summed E-state index contributed by atoms with van der Waals surface area (Å²) in [6.07, 6.45) is -4.29. The normalized spacial score (nSPS) is 13.7. The van der Waals surface area contributed by atoms with Gasteiger partial charge in [-0.3, -0.25) is 4.79 Å². The van der Waals surface area contributed by atoms with Crippen molar-refractivity contribution in [2.45, 2.75) is 26.1 Å². The maximum Gasteiger partial charge on any atom is 0.430 e. The lowest BCUT2D eigenvalue weighted by Crippen LogP contribution is -2.84. The summed E-state index contributed by atoms with van der Waals surface area (Å²) in [5.41, 5.74) is 2.72. The number of ketones is 1. The molecule has 122 valence electrons. The molecule has 22 heavy (non-hydrogen) atoms. The van der Waals surface area contributed by atoms with Crippen molar-refractivity contribution in [3.63, 3.8) is 0 Å². The molecule has 0 unspecified atom stereocenters. The van der Waals surface area contributed by atoms with Crippen LogP contribution in [-0.4, -0.2) is 24.5 Å². The van der Waals surface area contributed by atoms with E-state index >= 15 is 0 Å². The molecule has 2 N–H and O–H groups in total. The number of benzene rings is 1. The van der Waals surface area contributed by atoms with E-state index in [0.29, 0.717) is 15.6 Å². The van der Waals surface area contributed by atoms with Crippen molar-refractivity contribution in [3.05, 3.63) is 32.8 Å². The van der Waals surface area contributed by atoms with Crippen LogP contribution in [-0.2, 0) is 17.8 Å². The van der Waals surface area contributed by atoms with E-state index in [-0.39, 0.29) is 5.78 Å². The molecule has 0 saturated heterocycles. The van der Waals surface area contributed by atoms with Crippen LogP contribution in [0.2, 0.25) is 10.0 Å². The molecule has 9 heteroatoms. The third-order valence-corrected chi connectivity index (χ3v) is 3.67. The van der Waals surface area contributed by atoms with Crippen LogP contribution in [0, 0.1) is 0 Å². The van der Waals surface area contributed by atoms with E-state index in [9.17, 15) is 18.0 Å². The number of Topliss-reactive ketones (excluding diaryl/α,β-unsaturated/α-hetero) is 1. The zero-order valence-corrected chi connectivity index (χ0v) is 12.9. The van der Waals surface area contributed by atoms with Crippen LogP contribution >= 0.6 is 23.2 Å². The summed E-state index contributed by atoms with van der Waals surface area (Å²) in [5.74, 6) is -3.07. The summed E-state index contributed by atoms with van der Waals surface area (Å²) in [7, 11) is 0. The minimum atomic E-state index is -5.19. The molecule has 0 spiro atoms. The van der Waals surface area contributed by atoms with E-state index < -0.39 is 12.1 Å². The first-order chi connectivity index (χ1) is 10.1. The third kappa shape index (κ3) is 4.59. The number of carboxylic acids is 1. The molecule has 0 atom stereocenters. The molecule has 1 aliphatic heterocycles. The zero-order chi connectivity index (χ0) is 17.1. The highest BCUT2D eigenvalue weighted by atomic mass is 35.5. The standard InChI is InChI=1S/C11H11Cl2NO.C2HF3O2/c1-6(15)10-9(12)4-7-5-14-3-2-8(7)11(10)13;3-2(4,5)1(6)7/h4,14H,2-3,5H2,1H3;(H,6,7). The topological polar surface area (TPSA) is 73.8 Å². The number of alkyl halides is 3. The van der Waals surface area contributed by atoms with E-state index in [1.807, 2.05) is 6.07 Å². The average molecular weight is 358 g/mol. The number of nitrogens with two attached hydrogens (primary N) is 1. The zero-order valence-electron chi connectivity index (χ0n) is 11.4. The molecule has 0 amide bonds. The number of quaternary nitrogens is 1. The van der Waals surface area contributed by atoms with Gasteiger partial charge in [-0.2, -0.15) is 13.2 Å². The Morgan fingerprint density at radius 1 is 1.32 bits per heavy atom. The number of halogens is 5. The Kier molecular flexibility index (Phi) is 6.22. The minimum absolute atomic E-state index is 0.0673. The Balaban J connectivity index is 0.000000295. The van der Waals surface area contributed by atoms with Gasteiger partial charge in [0.2, 0.25) is 0 Å². The van der Waals surface area contributed by atoms with Crippen molar-refractivity contribution >= 4 is 35.0 Å². The van der Waals surface area contributed by atoms with Crippen molar-refractivity contribution < 1.29 is 33.2 Å². The van der Waals surface area contributed by atoms with Crippen molar-refractivity contribution in [1.82, 2.24) is 0 Å². The maximum atomic E-state index is 11.4. The van der Waals surface area contributed by atoms with Gasteiger partial charge in [0.05, 0.1) is 22.2 Å². The van der Waals surface area contributed by atoms with Crippen LogP contribution in [0.3, 0.4) is 0 Å². The number of carbonyl (C=O) groups is 2. The lowest BCUT2D eigenvalue weighted by molar-refractivity contribution is -0.673. The SMILES string of the molecule is CC(=O)c1c(Cl)cc2c(c1Cl)CC[NH2+]C2.O=C([O-])C(F)(F)F. The largest absolute Gasteiger partial charge is 0.542 e. The quantitative estimate of drug-likeness (QED) is 0.765. The van der Waals surface area contributed by atoms with Crippen LogP contribution in [0.1, 0.15) is 28.4 Å². The second-order valence-corrected chi connectivity index (χ2v) is 5.34. The van der Waals surface area contributed by atoms with Gasteiger partial charge in [-0.25, -0.2) is 0 Å². The number of hydrogen-bond acceptors (Lipinski definition) is 3. The molecule has 0 radical (unpaired) electrons. The highest BCUT2D eigenvalue weighted by molar-refractivity contribution is 6.40. The highest BCUT2D eigenvalue weighted by Crippen LogP contribution is 2.32. The van der Waals surface area contributed by atoms with Crippen LogP contribution in [0.5, 0.6) is 0 Å². The van der Waals surface area contributed by atoms with Crippen molar-refractivity contribution in [3.8, 4) is 0 Å². The number of rotatable bonds is 1. The van der Waals surface area contributed by atoms with Crippen molar-refractivity contribution in [2.24, 2.45) is 0 Å². The molecule has 1 heterocycles.